The van der Waals surface area contributed by atoms with Crippen LogP contribution in [0.1, 0.15) is 34.6 Å². The minimum absolute atomic E-state index is 0.168. The van der Waals surface area contributed by atoms with Crippen LogP contribution in [0.25, 0.3) is 5.65 Å². The molecule has 9 heteroatoms. The van der Waals surface area contributed by atoms with Crippen LogP contribution in [0, 0.1) is 0 Å². The lowest BCUT2D eigenvalue weighted by Gasteiger charge is -2.35. The number of rotatable bonds is 2. The molecule has 8 nitrogen and oxygen atoms in total. The van der Waals surface area contributed by atoms with Gasteiger partial charge in [0, 0.05) is 30.6 Å². The van der Waals surface area contributed by atoms with Gasteiger partial charge in [-0.3, -0.25) is 4.79 Å². The van der Waals surface area contributed by atoms with Crippen LogP contribution in [0.2, 0.25) is 0 Å². The van der Waals surface area contributed by atoms with Gasteiger partial charge in [-0.25, -0.2) is 14.3 Å². The van der Waals surface area contributed by atoms with Crippen molar-refractivity contribution in [2.24, 2.45) is 0 Å². The maximum Gasteiger partial charge on any atom is 0.513 e. The molecule has 1 aliphatic heterocycles. The summed E-state index contributed by atoms with van der Waals surface area (Å²) in [5.74, 6) is 0.296. The third kappa shape index (κ3) is 3.22. The maximum absolute atomic E-state index is 13.1. The van der Waals surface area contributed by atoms with E-state index >= 15 is 0 Å². The van der Waals surface area contributed by atoms with Gasteiger partial charge in [0.1, 0.15) is 5.75 Å². The quantitative estimate of drug-likeness (QED) is 0.444. The standard InChI is InChI=1S/C19H17BrN4O4/c1-11-13-4-3-5-16(28-19(26)27-2)14(13)6-7-23(11)18(25)15-8-17-21-9-12(20)10-24(17)22-15/h3-5,8-11H,6-7H2,1-2H3. The number of carbonyl (C=O) groups excluding carboxylic acids is 2. The second-order valence-corrected chi connectivity index (χ2v) is 7.32. The van der Waals surface area contributed by atoms with Gasteiger partial charge in [-0.05, 0) is 40.9 Å². The van der Waals surface area contributed by atoms with E-state index in [4.69, 9.17) is 4.74 Å². The zero-order valence-electron chi connectivity index (χ0n) is 15.3. The Hall–Kier alpha value is -2.94. The third-order valence-electron chi connectivity index (χ3n) is 4.81. The van der Waals surface area contributed by atoms with Crippen molar-refractivity contribution >= 4 is 33.6 Å². The number of hydrogen-bond acceptors (Lipinski definition) is 6. The Morgan fingerprint density at radius 3 is 2.93 bits per heavy atom. The SMILES string of the molecule is COC(=O)Oc1cccc2c1CCN(C(=O)c1cc3ncc(Br)cn3n1)C2C. The molecule has 0 N–H and O–H groups in total. The number of nitrogens with zero attached hydrogens (tertiary/aromatic N) is 4. The fourth-order valence-corrected chi connectivity index (χ4v) is 3.74. The highest BCUT2D eigenvalue weighted by molar-refractivity contribution is 9.10. The molecule has 1 aromatic carbocycles. The molecule has 3 heterocycles. The molecule has 2 aromatic heterocycles. The van der Waals surface area contributed by atoms with Crippen molar-refractivity contribution in [2.75, 3.05) is 13.7 Å². The number of aromatic nitrogens is 3. The highest BCUT2D eigenvalue weighted by Gasteiger charge is 2.31. The summed E-state index contributed by atoms with van der Waals surface area (Å²) in [7, 11) is 1.27. The van der Waals surface area contributed by atoms with Crippen LogP contribution in [-0.2, 0) is 11.2 Å². The second-order valence-electron chi connectivity index (χ2n) is 6.41. The summed E-state index contributed by atoms with van der Waals surface area (Å²) in [4.78, 5) is 30.6. The molecule has 0 saturated heterocycles. The molecule has 0 spiro atoms. The molecule has 0 aliphatic carbocycles. The van der Waals surface area contributed by atoms with Gasteiger partial charge in [0.05, 0.1) is 17.6 Å². The Morgan fingerprint density at radius 2 is 2.14 bits per heavy atom. The molecule has 1 unspecified atom stereocenters. The predicted molar refractivity (Wildman–Crippen MR) is 103 cm³/mol. The molecular formula is C19H17BrN4O4. The minimum Gasteiger partial charge on any atom is -0.437 e. The lowest BCUT2D eigenvalue weighted by Crippen LogP contribution is -2.39. The van der Waals surface area contributed by atoms with Gasteiger partial charge >= 0.3 is 6.16 Å². The first-order valence-corrected chi connectivity index (χ1v) is 9.46. The summed E-state index contributed by atoms with van der Waals surface area (Å²) in [6.45, 7) is 2.43. The van der Waals surface area contributed by atoms with E-state index in [0.717, 1.165) is 15.6 Å². The molecule has 28 heavy (non-hydrogen) atoms. The molecule has 0 radical (unpaired) electrons. The van der Waals surface area contributed by atoms with E-state index in [1.54, 1.807) is 40.0 Å². The Labute approximate surface area is 169 Å². The zero-order chi connectivity index (χ0) is 19.8. The van der Waals surface area contributed by atoms with Gasteiger partial charge in [0.15, 0.2) is 11.3 Å². The van der Waals surface area contributed by atoms with Crippen molar-refractivity contribution in [3.8, 4) is 5.75 Å². The predicted octanol–water partition coefficient (Wildman–Crippen LogP) is 3.40. The average Bonchev–Trinajstić information content (AvgIpc) is 3.11. The maximum atomic E-state index is 13.1. The number of carbonyl (C=O) groups is 2. The van der Waals surface area contributed by atoms with Crippen molar-refractivity contribution in [2.45, 2.75) is 19.4 Å². The molecule has 3 aromatic rings. The average molecular weight is 445 g/mol. The molecule has 1 amide bonds. The smallest absolute Gasteiger partial charge is 0.437 e. The molecule has 144 valence electrons. The number of methoxy groups -OCH3 is 1. The highest BCUT2D eigenvalue weighted by atomic mass is 79.9. The molecule has 0 fully saturated rings. The van der Waals surface area contributed by atoms with Crippen molar-refractivity contribution in [1.29, 1.82) is 0 Å². The molecule has 0 saturated carbocycles. The van der Waals surface area contributed by atoms with Gasteiger partial charge in [0.25, 0.3) is 5.91 Å². The Balaban J connectivity index is 1.63. The first-order valence-electron chi connectivity index (χ1n) is 8.67. The van der Waals surface area contributed by atoms with E-state index in [9.17, 15) is 9.59 Å². The summed E-state index contributed by atoms with van der Waals surface area (Å²) in [5, 5.41) is 4.35. The van der Waals surface area contributed by atoms with Gasteiger partial charge in [-0.15, -0.1) is 0 Å². The summed E-state index contributed by atoms with van der Waals surface area (Å²) in [6.07, 6.45) is 3.22. The van der Waals surface area contributed by atoms with Crippen molar-refractivity contribution < 1.29 is 19.1 Å². The summed E-state index contributed by atoms with van der Waals surface area (Å²) in [5.41, 5.74) is 2.78. The fourth-order valence-electron chi connectivity index (χ4n) is 3.45. The van der Waals surface area contributed by atoms with Crippen LogP contribution in [0.5, 0.6) is 5.75 Å². The van der Waals surface area contributed by atoms with E-state index in [2.05, 4.69) is 30.7 Å². The van der Waals surface area contributed by atoms with E-state index < -0.39 is 6.16 Å². The summed E-state index contributed by atoms with van der Waals surface area (Å²) < 4.78 is 12.2. The van der Waals surface area contributed by atoms with Crippen LogP contribution < -0.4 is 4.74 Å². The molecule has 1 atom stereocenters. The monoisotopic (exact) mass is 444 g/mol. The van der Waals surface area contributed by atoms with Gasteiger partial charge in [-0.2, -0.15) is 5.10 Å². The number of ether oxygens (including phenoxy) is 2. The number of fused-ring (bicyclic) bond motifs is 2. The van der Waals surface area contributed by atoms with Crippen LogP contribution in [0.4, 0.5) is 4.79 Å². The van der Waals surface area contributed by atoms with E-state index in [-0.39, 0.29) is 11.9 Å². The molecular weight excluding hydrogens is 428 g/mol. The Morgan fingerprint density at radius 1 is 1.32 bits per heavy atom. The number of amides is 1. The summed E-state index contributed by atoms with van der Waals surface area (Å²) in [6, 6.07) is 6.95. The van der Waals surface area contributed by atoms with Crippen molar-refractivity contribution in [1.82, 2.24) is 19.5 Å². The number of halogens is 1. The topological polar surface area (TPSA) is 86.0 Å². The Kier molecular flexibility index (Phi) is 4.76. The minimum atomic E-state index is -0.761. The second kappa shape index (κ2) is 7.23. The molecule has 0 bridgehead atoms. The van der Waals surface area contributed by atoms with Crippen LogP contribution in [0.15, 0.2) is 41.1 Å². The van der Waals surface area contributed by atoms with E-state index in [0.29, 0.717) is 30.1 Å². The van der Waals surface area contributed by atoms with Gasteiger partial charge in [0.2, 0.25) is 0 Å². The van der Waals surface area contributed by atoms with Crippen LogP contribution in [-0.4, -0.2) is 45.2 Å². The number of hydrogen-bond donors (Lipinski definition) is 0. The Bertz CT molecular complexity index is 1080. The molecule has 4 rings (SSSR count). The third-order valence-corrected chi connectivity index (χ3v) is 5.22. The first kappa shape index (κ1) is 18.4. The van der Waals surface area contributed by atoms with E-state index in [1.807, 2.05) is 13.0 Å². The first-order chi connectivity index (χ1) is 13.5. The normalized spacial score (nSPS) is 16.0. The largest absolute Gasteiger partial charge is 0.513 e. The molecule has 1 aliphatic rings. The highest BCUT2D eigenvalue weighted by Crippen LogP contribution is 2.35. The van der Waals surface area contributed by atoms with Gasteiger partial charge < -0.3 is 14.4 Å². The van der Waals surface area contributed by atoms with Gasteiger partial charge in [-0.1, -0.05) is 12.1 Å². The van der Waals surface area contributed by atoms with E-state index in [1.165, 1.54) is 7.11 Å². The lowest BCUT2D eigenvalue weighted by atomic mass is 9.92. The van der Waals surface area contributed by atoms with Crippen LogP contribution in [0.3, 0.4) is 0 Å². The fraction of sp³-hybridized carbons (Fsp3) is 0.263. The lowest BCUT2D eigenvalue weighted by molar-refractivity contribution is 0.0668. The van der Waals surface area contributed by atoms with Crippen molar-refractivity contribution in [3.63, 3.8) is 0 Å². The van der Waals surface area contributed by atoms with Crippen LogP contribution >= 0.6 is 15.9 Å². The summed E-state index contributed by atoms with van der Waals surface area (Å²) >= 11 is 3.35. The zero-order valence-corrected chi connectivity index (χ0v) is 16.8. The number of benzene rings is 1. The van der Waals surface area contributed by atoms with Crippen molar-refractivity contribution in [3.05, 3.63) is 58.0 Å².